The summed E-state index contributed by atoms with van der Waals surface area (Å²) >= 11 is 1.51. The lowest BCUT2D eigenvalue weighted by Crippen LogP contribution is -2.33. The number of allylic oxidation sites excluding steroid dienone is 2. The van der Waals surface area contributed by atoms with E-state index in [2.05, 4.69) is 0 Å². The number of hydrogen-bond acceptors (Lipinski definition) is 4. The molecule has 0 amide bonds. The van der Waals surface area contributed by atoms with Gasteiger partial charge < -0.3 is 4.74 Å². The summed E-state index contributed by atoms with van der Waals surface area (Å²) in [5, 5.41) is 1.92. The lowest BCUT2D eigenvalue weighted by Gasteiger charge is -2.28. The van der Waals surface area contributed by atoms with Gasteiger partial charge in [-0.1, -0.05) is 18.2 Å². The summed E-state index contributed by atoms with van der Waals surface area (Å²) in [5.74, 6) is -2.23. The predicted molar refractivity (Wildman–Crippen MR) is 91.2 cm³/mol. The Hall–Kier alpha value is -2.27. The van der Waals surface area contributed by atoms with Gasteiger partial charge in [-0.15, -0.1) is 11.3 Å². The van der Waals surface area contributed by atoms with E-state index in [9.17, 15) is 14.0 Å². The van der Waals surface area contributed by atoms with Crippen molar-refractivity contribution in [1.29, 1.82) is 0 Å². The van der Waals surface area contributed by atoms with Crippen molar-refractivity contribution in [3.8, 4) is 0 Å². The summed E-state index contributed by atoms with van der Waals surface area (Å²) in [4.78, 5) is 25.9. The summed E-state index contributed by atoms with van der Waals surface area (Å²) in [6.45, 7) is 1.96. The Labute approximate surface area is 143 Å². The molecule has 1 aromatic heterocycles. The fourth-order valence-electron chi connectivity index (χ4n) is 3.04. The minimum atomic E-state index is -0.832. The van der Waals surface area contributed by atoms with Crippen molar-refractivity contribution >= 4 is 28.7 Å². The molecular formula is C19H17FO3S. The number of hydrogen-bond donors (Lipinski definition) is 0. The molecule has 2 aromatic rings. The van der Waals surface area contributed by atoms with Crippen LogP contribution in [-0.4, -0.2) is 18.4 Å². The lowest BCUT2D eigenvalue weighted by atomic mass is 9.76. The fourth-order valence-corrected chi connectivity index (χ4v) is 3.91. The van der Waals surface area contributed by atoms with Crippen molar-refractivity contribution in [1.82, 2.24) is 0 Å². The molecule has 0 unspecified atom stereocenters. The van der Waals surface area contributed by atoms with Crippen molar-refractivity contribution in [3.05, 3.63) is 64.1 Å². The highest BCUT2D eigenvalue weighted by molar-refractivity contribution is 7.10. The maximum Gasteiger partial charge on any atom is 0.317 e. The summed E-state index contributed by atoms with van der Waals surface area (Å²) in [7, 11) is 0. The van der Waals surface area contributed by atoms with Gasteiger partial charge in [-0.25, -0.2) is 4.39 Å². The molecule has 0 bridgehead atoms. The Kier molecular flexibility index (Phi) is 4.90. The average molecular weight is 344 g/mol. The van der Waals surface area contributed by atoms with Gasteiger partial charge in [-0.2, -0.15) is 0 Å². The SMILES string of the molecule is CCOC(=O)[C@@H]1C(=O)C=C(c2cccc(F)c2)C[C@H]1c1cccs1. The van der Waals surface area contributed by atoms with E-state index in [-0.39, 0.29) is 24.1 Å². The van der Waals surface area contributed by atoms with Gasteiger partial charge in [0.1, 0.15) is 11.7 Å². The normalized spacial score (nSPS) is 20.6. The number of rotatable bonds is 4. The lowest BCUT2D eigenvalue weighted by molar-refractivity contribution is -0.151. The molecule has 0 spiro atoms. The van der Waals surface area contributed by atoms with E-state index in [0.29, 0.717) is 12.0 Å². The molecule has 0 saturated carbocycles. The van der Waals surface area contributed by atoms with Crippen molar-refractivity contribution < 1.29 is 18.7 Å². The number of ketones is 1. The van der Waals surface area contributed by atoms with Crippen LogP contribution in [0, 0.1) is 11.7 Å². The molecule has 24 heavy (non-hydrogen) atoms. The molecular weight excluding hydrogens is 327 g/mol. The van der Waals surface area contributed by atoms with Gasteiger partial charge in [-0.3, -0.25) is 9.59 Å². The number of carbonyl (C=O) groups excluding carboxylic acids is 2. The third kappa shape index (κ3) is 3.31. The van der Waals surface area contributed by atoms with Crippen LogP contribution < -0.4 is 0 Å². The molecule has 2 atom stereocenters. The quantitative estimate of drug-likeness (QED) is 0.616. The van der Waals surface area contributed by atoms with E-state index >= 15 is 0 Å². The second-order valence-electron chi connectivity index (χ2n) is 5.64. The highest BCUT2D eigenvalue weighted by Crippen LogP contribution is 2.41. The molecule has 1 heterocycles. The van der Waals surface area contributed by atoms with Crippen LogP contribution in [0.25, 0.3) is 5.57 Å². The van der Waals surface area contributed by atoms with Gasteiger partial charge in [0.15, 0.2) is 5.78 Å². The first-order chi connectivity index (χ1) is 11.6. The first-order valence-corrected chi connectivity index (χ1v) is 8.68. The molecule has 0 aliphatic heterocycles. The smallest absolute Gasteiger partial charge is 0.317 e. The maximum absolute atomic E-state index is 13.5. The molecule has 0 saturated heterocycles. The summed E-state index contributed by atoms with van der Waals surface area (Å²) in [5.41, 5.74) is 1.42. The largest absolute Gasteiger partial charge is 0.465 e. The predicted octanol–water partition coefficient (Wildman–Crippen LogP) is 4.21. The van der Waals surface area contributed by atoms with E-state index in [1.807, 2.05) is 17.5 Å². The Morgan fingerprint density at radius 3 is 2.83 bits per heavy atom. The zero-order chi connectivity index (χ0) is 17.1. The Morgan fingerprint density at radius 1 is 1.33 bits per heavy atom. The average Bonchev–Trinajstić information content (AvgIpc) is 3.08. The zero-order valence-electron chi connectivity index (χ0n) is 13.2. The third-order valence-corrected chi connectivity index (χ3v) is 5.11. The van der Waals surface area contributed by atoms with Crippen LogP contribution in [0.4, 0.5) is 4.39 Å². The number of carbonyl (C=O) groups is 2. The maximum atomic E-state index is 13.5. The molecule has 5 heteroatoms. The Bertz CT molecular complexity index is 780. The highest BCUT2D eigenvalue weighted by Gasteiger charge is 2.40. The van der Waals surface area contributed by atoms with Crippen LogP contribution in [0.15, 0.2) is 47.9 Å². The summed E-state index contributed by atoms with van der Waals surface area (Å²) in [6.07, 6.45) is 1.96. The van der Waals surface area contributed by atoms with Gasteiger partial charge in [0.25, 0.3) is 0 Å². The van der Waals surface area contributed by atoms with Gasteiger partial charge in [0.2, 0.25) is 0 Å². The molecule has 0 N–H and O–H groups in total. The van der Waals surface area contributed by atoms with E-state index in [1.165, 1.54) is 29.5 Å². The monoisotopic (exact) mass is 344 g/mol. The van der Waals surface area contributed by atoms with Crippen LogP contribution in [0.1, 0.15) is 29.7 Å². The van der Waals surface area contributed by atoms with Crippen molar-refractivity contribution in [2.45, 2.75) is 19.3 Å². The first-order valence-electron chi connectivity index (χ1n) is 7.80. The van der Waals surface area contributed by atoms with Crippen LogP contribution >= 0.6 is 11.3 Å². The zero-order valence-corrected chi connectivity index (χ0v) is 14.0. The summed E-state index contributed by atoms with van der Waals surface area (Å²) in [6, 6.07) is 9.99. The number of esters is 1. The molecule has 1 aromatic carbocycles. The molecule has 0 fully saturated rings. The number of ether oxygens (including phenoxy) is 1. The minimum Gasteiger partial charge on any atom is -0.465 e. The van der Waals surface area contributed by atoms with Crippen molar-refractivity contribution in [2.75, 3.05) is 6.61 Å². The Balaban J connectivity index is 2.00. The van der Waals surface area contributed by atoms with Gasteiger partial charge in [0.05, 0.1) is 6.61 Å². The number of thiophene rings is 1. The van der Waals surface area contributed by atoms with Gasteiger partial charge in [-0.05, 0) is 54.1 Å². The van der Waals surface area contributed by atoms with Crippen LogP contribution in [0.3, 0.4) is 0 Å². The topological polar surface area (TPSA) is 43.4 Å². The summed E-state index contributed by atoms with van der Waals surface area (Å²) < 4.78 is 18.6. The van der Waals surface area contributed by atoms with Crippen LogP contribution in [0.5, 0.6) is 0 Å². The molecule has 3 rings (SSSR count). The third-order valence-electron chi connectivity index (χ3n) is 4.11. The second-order valence-corrected chi connectivity index (χ2v) is 6.62. The molecule has 124 valence electrons. The number of halogens is 1. The van der Waals surface area contributed by atoms with E-state index in [1.54, 1.807) is 19.1 Å². The highest BCUT2D eigenvalue weighted by atomic mass is 32.1. The van der Waals surface area contributed by atoms with E-state index < -0.39 is 11.9 Å². The molecule has 0 radical (unpaired) electrons. The van der Waals surface area contributed by atoms with Crippen LogP contribution in [0.2, 0.25) is 0 Å². The van der Waals surface area contributed by atoms with E-state index in [0.717, 1.165) is 10.5 Å². The van der Waals surface area contributed by atoms with Gasteiger partial charge in [0, 0.05) is 10.8 Å². The van der Waals surface area contributed by atoms with Crippen molar-refractivity contribution in [3.63, 3.8) is 0 Å². The molecule has 1 aliphatic rings. The van der Waals surface area contributed by atoms with E-state index in [4.69, 9.17) is 4.74 Å². The van der Waals surface area contributed by atoms with Crippen LogP contribution in [-0.2, 0) is 14.3 Å². The van der Waals surface area contributed by atoms with Gasteiger partial charge >= 0.3 is 5.97 Å². The Morgan fingerprint density at radius 2 is 2.17 bits per heavy atom. The molecule has 3 nitrogen and oxygen atoms in total. The fraction of sp³-hybridized carbons (Fsp3) is 0.263. The second kappa shape index (κ2) is 7.09. The number of benzene rings is 1. The standard InChI is InChI=1S/C19H17FO3S/c1-2-23-19(22)18-15(17-7-4-8-24-17)10-13(11-16(18)21)12-5-3-6-14(20)9-12/h3-9,11,15,18H,2,10H2,1H3/t15-,18-/m0/s1. The minimum absolute atomic E-state index is 0.236. The van der Waals surface area contributed by atoms with Crippen molar-refractivity contribution in [2.24, 2.45) is 5.92 Å². The molecule has 1 aliphatic carbocycles. The first kappa shape index (κ1) is 16.6.